The summed E-state index contributed by atoms with van der Waals surface area (Å²) in [4.78, 5) is 2.63. The predicted octanol–water partition coefficient (Wildman–Crippen LogP) is 3.41. The third kappa shape index (κ3) is 3.00. The van der Waals surface area contributed by atoms with Crippen molar-refractivity contribution < 1.29 is 4.74 Å². The maximum absolute atomic E-state index is 9.10. The first-order valence-electron chi connectivity index (χ1n) is 9.62. The van der Waals surface area contributed by atoms with Gasteiger partial charge in [-0.05, 0) is 54.6 Å². The van der Waals surface area contributed by atoms with E-state index >= 15 is 0 Å². The molecule has 0 radical (unpaired) electrons. The van der Waals surface area contributed by atoms with Crippen molar-refractivity contribution in [1.82, 2.24) is 10.2 Å². The molecule has 2 heterocycles. The van der Waals surface area contributed by atoms with Crippen LogP contribution in [0.2, 0.25) is 5.02 Å². The zero-order chi connectivity index (χ0) is 18.4. The summed E-state index contributed by atoms with van der Waals surface area (Å²) in [5.41, 5.74) is 3.13. The highest BCUT2D eigenvalue weighted by Crippen LogP contribution is 2.41. The van der Waals surface area contributed by atoms with Crippen molar-refractivity contribution in [1.29, 1.82) is 5.26 Å². The van der Waals surface area contributed by atoms with E-state index in [0.29, 0.717) is 16.6 Å². The van der Waals surface area contributed by atoms with Gasteiger partial charge in [0.2, 0.25) is 0 Å². The smallest absolute Gasteiger partial charge is 0.140 e. The van der Waals surface area contributed by atoms with Crippen LogP contribution in [0.4, 0.5) is 0 Å². The summed E-state index contributed by atoms with van der Waals surface area (Å²) in [6.45, 7) is 4.56. The van der Waals surface area contributed by atoms with Crippen LogP contribution in [0.3, 0.4) is 0 Å². The first kappa shape index (κ1) is 17.1. The van der Waals surface area contributed by atoms with E-state index < -0.39 is 0 Å². The minimum Gasteiger partial charge on any atom is -0.484 e. The molecule has 4 atom stereocenters. The Morgan fingerprint density at radius 1 is 1.11 bits per heavy atom. The molecule has 0 aromatic heterocycles. The number of nitrogens with one attached hydrogen (secondary N) is 1. The summed E-state index contributed by atoms with van der Waals surface area (Å²) in [6, 6.07) is 16.4. The summed E-state index contributed by atoms with van der Waals surface area (Å²) >= 11 is 6.22. The highest BCUT2D eigenvalue weighted by molar-refractivity contribution is 6.31. The Labute approximate surface area is 164 Å². The van der Waals surface area contributed by atoms with Gasteiger partial charge in [-0.2, -0.15) is 5.26 Å². The van der Waals surface area contributed by atoms with E-state index in [1.807, 2.05) is 6.07 Å². The Morgan fingerprint density at radius 2 is 1.89 bits per heavy atom. The number of fused-ring (bicyclic) bond motifs is 2. The largest absolute Gasteiger partial charge is 0.484 e. The van der Waals surface area contributed by atoms with E-state index in [9.17, 15) is 0 Å². The molecule has 1 aliphatic carbocycles. The molecule has 0 saturated carbocycles. The molecule has 2 aromatic rings. The van der Waals surface area contributed by atoms with Crippen molar-refractivity contribution in [3.8, 4) is 11.8 Å². The lowest BCUT2D eigenvalue weighted by Crippen LogP contribution is -2.40. The van der Waals surface area contributed by atoms with E-state index in [0.717, 1.165) is 50.2 Å². The molecule has 5 rings (SSSR count). The van der Waals surface area contributed by atoms with Crippen LogP contribution in [0.15, 0.2) is 42.5 Å². The lowest BCUT2D eigenvalue weighted by atomic mass is 10.0. The molecule has 0 bridgehead atoms. The Balaban J connectivity index is 1.43. The highest BCUT2D eigenvalue weighted by Gasteiger charge is 2.44. The van der Waals surface area contributed by atoms with Crippen molar-refractivity contribution in [2.45, 2.75) is 18.6 Å². The Kier molecular flexibility index (Phi) is 4.32. The normalized spacial score (nSPS) is 29.3. The summed E-state index contributed by atoms with van der Waals surface area (Å²) < 4.78 is 6.48. The number of hydrogen-bond acceptors (Lipinski definition) is 4. The fraction of sp³-hybridized carbons (Fsp3) is 0.409. The Hall–Kier alpha value is -2.06. The van der Waals surface area contributed by atoms with Crippen LogP contribution in [-0.2, 0) is 6.42 Å². The van der Waals surface area contributed by atoms with E-state index in [2.05, 4.69) is 40.6 Å². The van der Waals surface area contributed by atoms with Crippen LogP contribution in [0.1, 0.15) is 22.8 Å². The van der Waals surface area contributed by atoms with Crippen molar-refractivity contribution in [3.05, 3.63) is 64.2 Å². The van der Waals surface area contributed by atoms with Crippen LogP contribution >= 0.6 is 11.6 Å². The predicted molar refractivity (Wildman–Crippen MR) is 105 cm³/mol. The van der Waals surface area contributed by atoms with Gasteiger partial charge in [-0.3, -0.25) is 4.90 Å². The molecule has 2 aliphatic heterocycles. The first-order chi connectivity index (χ1) is 13.2. The molecule has 0 spiro atoms. The van der Waals surface area contributed by atoms with Gasteiger partial charge in [-0.25, -0.2) is 0 Å². The van der Waals surface area contributed by atoms with E-state index in [1.165, 1.54) is 11.1 Å². The van der Waals surface area contributed by atoms with Gasteiger partial charge >= 0.3 is 0 Å². The summed E-state index contributed by atoms with van der Waals surface area (Å²) in [5, 5.41) is 13.1. The van der Waals surface area contributed by atoms with Crippen LogP contribution < -0.4 is 10.1 Å². The third-order valence-electron chi connectivity index (χ3n) is 6.35. The molecule has 0 amide bonds. The van der Waals surface area contributed by atoms with Crippen molar-refractivity contribution >= 4 is 11.6 Å². The van der Waals surface area contributed by atoms with Gasteiger partial charge < -0.3 is 10.1 Å². The number of benzene rings is 2. The van der Waals surface area contributed by atoms with Crippen LogP contribution in [-0.4, -0.2) is 37.1 Å². The molecule has 1 N–H and O–H groups in total. The molecule has 2 saturated heterocycles. The lowest BCUT2D eigenvalue weighted by molar-refractivity contribution is 0.0890. The molecule has 2 aromatic carbocycles. The number of likely N-dealkylation sites (tertiary alicyclic amines) is 1. The minimum absolute atomic E-state index is 0.00279. The summed E-state index contributed by atoms with van der Waals surface area (Å²) in [5.74, 6) is 2.25. The van der Waals surface area contributed by atoms with Crippen LogP contribution in [0.5, 0.6) is 5.75 Å². The maximum atomic E-state index is 9.10. The number of ether oxygens (including phenoxy) is 1. The number of nitrogens with zero attached hydrogens (tertiary/aromatic N) is 2. The van der Waals surface area contributed by atoms with Gasteiger partial charge in [-0.15, -0.1) is 0 Å². The van der Waals surface area contributed by atoms with Gasteiger partial charge in [0.15, 0.2) is 0 Å². The molecule has 2 fully saturated rings. The van der Waals surface area contributed by atoms with Gasteiger partial charge in [0.05, 0.1) is 16.6 Å². The molecule has 27 heavy (non-hydrogen) atoms. The molecule has 4 nitrogen and oxygen atoms in total. The average molecular weight is 380 g/mol. The van der Waals surface area contributed by atoms with Crippen molar-refractivity contribution in [2.24, 2.45) is 11.8 Å². The average Bonchev–Trinajstić information content (AvgIpc) is 3.35. The zero-order valence-electron chi connectivity index (χ0n) is 15.1. The Bertz CT molecular complexity index is 897. The number of halogens is 1. The van der Waals surface area contributed by atoms with Crippen LogP contribution in [0, 0.1) is 23.2 Å². The quantitative estimate of drug-likeness (QED) is 0.887. The minimum atomic E-state index is -0.00279. The fourth-order valence-corrected chi connectivity index (χ4v) is 5.18. The summed E-state index contributed by atoms with van der Waals surface area (Å²) in [7, 11) is 0. The maximum Gasteiger partial charge on any atom is 0.140 e. The number of nitriles is 1. The molecule has 5 heteroatoms. The molecule has 0 unspecified atom stereocenters. The number of hydrogen-bond donors (Lipinski definition) is 1. The third-order valence-corrected chi connectivity index (χ3v) is 6.66. The first-order valence-corrected chi connectivity index (χ1v) is 9.99. The molecular formula is C22H22ClN3O. The van der Waals surface area contributed by atoms with Crippen molar-refractivity contribution in [2.75, 3.05) is 26.2 Å². The van der Waals surface area contributed by atoms with Gasteiger partial charge in [0.25, 0.3) is 0 Å². The number of rotatable bonds is 3. The lowest BCUT2D eigenvalue weighted by Gasteiger charge is -2.31. The van der Waals surface area contributed by atoms with E-state index in [-0.39, 0.29) is 6.10 Å². The second-order valence-electron chi connectivity index (χ2n) is 7.89. The molecule has 3 aliphatic rings. The second-order valence-corrected chi connectivity index (χ2v) is 8.30. The van der Waals surface area contributed by atoms with E-state index in [1.54, 1.807) is 12.1 Å². The zero-order valence-corrected chi connectivity index (χ0v) is 15.8. The standard InChI is InChI=1S/C22H22ClN3O/c23-20-8-18(6-5-15(20)9-24)27-22-19-4-2-1-3-14(19)7-21(22)26-12-16-10-25-11-17(16)13-26/h1-6,8,16-17,21-22,25H,7,10-13H2/t16-,17+,21-,22-/m1/s1. The Morgan fingerprint density at radius 3 is 2.63 bits per heavy atom. The monoisotopic (exact) mass is 379 g/mol. The van der Waals surface area contributed by atoms with Gasteiger partial charge in [0.1, 0.15) is 17.9 Å². The topological polar surface area (TPSA) is 48.3 Å². The second kappa shape index (κ2) is 6.83. The molecule has 138 valence electrons. The summed E-state index contributed by atoms with van der Waals surface area (Å²) in [6.07, 6.45) is 1.02. The van der Waals surface area contributed by atoms with Crippen molar-refractivity contribution in [3.63, 3.8) is 0 Å². The van der Waals surface area contributed by atoms with Crippen LogP contribution in [0.25, 0.3) is 0 Å². The van der Waals surface area contributed by atoms with Gasteiger partial charge in [0, 0.05) is 19.2 Å². The van der Waals surface area contributed by atoms with E-state index in [4.69, 9.17) is 21.6 Å². The SMILES string of the molecule is N#Cc1ccc(O[C@@H]2c3ccccc3C[C@H]2N2C[C@H]3CNC[C@H]3C2)cc1Cl. The fourth-order valence-electron chi connectivity index (χ4n) is 4.97. The van der Waals surface area contributed by atoms with Gasteiger partial charge in [-0.1, -0.05) is 35.9 Å². The highest BCUT2D eigenvalue weighted by atomic mass is 35.5. The molecular weight excluding hydrogens is 358 g/mol.